The van der Waals surface area contributed by atoms with Gasteiger partial charge in [0.25, 0.3) is 0 Å². The number of hydrogen-bond acceptors (Lipinski definition) is 4. The monoisotopic (exact) mass is 291 g/mol. The van der Waals surface area contributed by atoms with Crippen molar-refractivity contribution in [2.45, 2.75) is 13.1 Å². The van der Waals surface area contributed by atoms with Crippen molar-refractivity contribution in [2.24, 2.45) is 0 Å². The zero-order valence-electron chi connectivity index (χ0n) is 10.3. The SMILES string of the molecule is CC=O.Nc1ncc2ccccn12.O=C(O)C(F)(F)F. The molecule has 0 amide bonds. The van der Waals surface area contributed by atoms with Gasteiger partial charge in [0.05, 0.1) is 11.7 Å². The van der Waals surface area contributed by atoms with Gasteiger partial charge in [-0.25, -0.2) is 9.78 Å². The number of imidazole rings is 1. The number of alkyl halides is 3. The number of carboxylic acid groups (broad SMARTS) is 1. The number of nitrogens with zero attached hydrogens (tertiary/aromatic N) is 2. The Labute approximate surface area is 111 Å². The molecule has 3 N–H and O–H groups in total. The first-order valence-electron chi connectivity index (χ1n) is 5.11. The molecule has 0 atom stereocenters. The van der Waals surface area contributed by atoms with Crippen molar-refractivity contribution >= 4 is 23.7 Å². The number of carboxylic acids is 1. The second kappa shape index (κ2) is 7.77. The Hall–Kier alpha value is -2.58. The highest BCUT2D eigenvalue weighted by molar-refractivity contribution is 5.73. The van der Waals surface area contributed by atoms with Crippen LogP contribution in [0.25, 0.3) is 5.52 Å². The molecule has 0 aliphatic heterocycles. The average Bonchev–Trinajstić information content (AvgIpc) is 2.72. The first-order valence-corrected chi connectivity index (χ1v) is 5.11. The van der Waals surface area contributed by atoms with E-state index in [1.807, 2.05) is 28.8 Å². The number of aldehydes is 1. The maximum Gasteiger partial charge on any atom is 0.490 e. The summed E-state index contributed by atoms with van der Waals surface area (Å²) in [6.07, 6.45) is -0.701. The summed E-state index contributed by atoms with van der Waals surface area (Å²) in [6.45, 7) is 1.44. The van der Waals surface area contributed by atoms with E-state index in [9.17, 15) is 13.2 Å². The van der Waals surface area contributed by atoms with Gasteiger partial charge in [-0.05, 0) is 19.1 Å². The molecule has 0 aliphatic carbocycles. The summed E-state index contributed by atoms with van der Waals surface area (Å²) in [6, 6.07) is 5.84. The average molecular weight is 291 g/mol. The molecule has 2 aromatic rings. The van der Waals surface area contributed by atoms with Crippen LogP contribution in [0.15, 0.2) is 30.6 Å². The van der Waals surface area contributed by atoms with Crippen LogP contribution < -0.4 is 5.73 Å². The molecular formula is C11H12F3N3O3. The largest absolute Gasteiger partial charge is 0.490 e. The summed E-state index contributed by atoms with van der Waals surface area (Å²) in [5.41, 5.74) is 6.56. The topological polar surface area (TPSA) is 97.7 Å². The van der Waals surface area contributed by atoms with Crippen molar-refractivity contribution < 1.29 is 27.9 Å². The molecule has 0 saturated carbocycles. The van der Waals surface area contributed by atoms with E-state index < -0.39 is 12.1 Å². The molecule has 2 aromatic heterocycles. The van der Waals surface area contributed by atoms with E-state index in [0.29, 0.717) is 5.95 Å². The van der Waals surface area contributed by atoms with Crippen LogP contribution in [0.3, 0.4) is 0 Å². The Morgan fingerprint density at radius 2 is 1.95 bits per heavy atom. The molecule has 2 rings (SSSR count). The zero-order valence-corrected chi connectivity index (χ0v) is 10.3. The number of rotatable bonds is 0. The number of fused-ring (bicyclic) bond motifs is 1. The molecule has 20 heavy (non-hydrogen) atoms. The second-order valence-corrected chi connectivity index (χ2v) is 3.15. The molecule has 2 heterocycles. The van der Waals surface area contributed by atoms with Crippen molar-refractivity contribution in [1.82, 2.24) is 9.38 Å². The van der Waals surface area contributed by atoms with Crippen LogP contribution in [0.2, 0.25) is 0 Å². The lowest BCUT2D eigenvalue weighted by atomic mass is 10.4. The van der Waals surface area contributed by atoms with Gasteiger partial charge in [0, 0.05) is 6.20 Å². The second-order valence-electron chi connectivity index (χ2n) is 3.15. The third kappa shape index (κ3) is 5.85. The van der Waals surface area contributed by atoms with E-state index in [2.05, 4.69) is 4.98 Å². The van der Waals surface area contributed by atoms with Crippen LogP contribution >= 0.6 is 0 Å². The number of halogens is 3. The molecule has 0 aromatic carbocycles. The van der Waals surface area contributed by atoms with E-state index in [4.69, 9.17) is 20.4 Å². The number of nitrogens with two attached hydrogens (primary N) is 1. The van der Waals surface area contributed by atoms with Gasteiger partial charge in [-0.3, -0.25) is 4.40 Å². The standard InChI is InChI=1S/C7H7N3.C2HF3O2.C2H4O/c8-7-9-5-6-3-1-2-4-10(6)7;3-2(4,5)1(6)7;1-2-3/h1-5H,(H2,8,9);(H,6,7);2H,1H3. The molecule has 0 aliphatic rings. The molecule has 0 radical (unpaired) electrons. The van der Waals surface area contributed by atoms with E-state index in [-0.39, 0.29) is 0 Å². The molecule has 9 heteroatoms. The fraction of sp³-hybridized carbons (Fsp3) is 0.182. The Morgan fingerprint density at radius 1 is 1.45 bits per heavy atom. The number of carbonyl (C=O) groups is 2. The lowest BCUT2D eigenvalue weighted by Gasteiger charge is -1.93. The van der Waals surface area contributed by atoms with Gasteiger partial charge in [-0.1, -0.05) is 6.07 Å². The minimum atomic E-state index is -5.08. The molecule has 110 valence electrons. The molecule has 6 nitrogen and oxygen atoms in total. The maximum atomic E-state index is 10.6. The number of hydrogen-bond donors (Lipinski definition) is 2. The molecule has 0 bridgehead atoms. The Balaban J connectivity index is 0.000000319. The normalized spacial score (nSPS) is 9.80. The highest BCUT2D eigenvalue weighted by Crippen LogP contribution is 2.13. The van der Waals surface area contributed by atoms with Crippen LogP contribution in [-0.2, 0) is 9.59 Å². The van der Waals surface area contributed by atoms with Crippen molar-refractivity contribution in [3.63, 3.8) is 0 Å². The number of aliphatic carboxylic acids is 1. The zero-order chi connectivity index (χ0) is 15.8. The lowest BCUT2D eigenvalue weighted by molar-refractivity contribution is -0.192. The fourth-order valence-corrected chi connectivity index (χ4v) is 0.965. The van der Waals surface area contributed by atoms with E-state index in [0.717, 1.165) is 11.8 Å². The molecule has 0 spiro atoms. The summed E-state index contributed by atoms with van der Waals surface area (Å²) in [7, 11) is 0. The van der Waals surface area contributed by atoms with Crippen molar-refractivity contribution in [3.05, 3.63) is 30.6 Å². The van der Waals surface area contributed by atoms with Gasteiger partial charge >= 0.3 is 12.1 Å². The number of aromatic nitrogens is 2. The van der Waals surface area contributed by atoms with Crippen LogP contribution in [0, 0.1) is 0 Å². The van der Waals surface area contributed by atoms with Gasteiger partial charge < -0.3 is 15.6 Å². The quantitative estimate of drug-likeness (QED) is 0.721. The minimum Gasteiger partial charge on any atom is -0.475 e. The summed E-state index contributed by atoms with van der Waals surface area (Å²) >= 11 is 0. The Kier molecular flexibility index (Phi) is 6.77. The predicted molar refractivity (Wildman–Crippen MR) is 65.0 cm³/mol. The number of nitrogen functional groups attached to an aromatic ring is 1. The van der Waals surface area contributed by atoms with Gasteiger partial charge in [-0.15, -0.1) is 0 Å². The van der Waals surface area contributed by atoms with Gasteiger partial charge in [0.15, 0.2) is 0 Å². The summed E-state index contributed by atoms with van der Waals surface area (Å²) in [4.78, 5) is 21.6. The summed E-state index contributed by atoms with van der Waals surface area (Å²) < 4.78 is 33.6. The van der Waals surface area contributed by atoms with Crippen molar-refractivity contribution in [3.8, 4) is 0 Å². The van der Waals surface area contributed by atoms with E-state index >= 15 is 0 Å². The lowest BCUT2D eigenvalue weighted by Crippen LogP contribution is -2.21. The van der Waals surface area contributed by atoms with Crippen molar-refractivity contribution in [2.75, 3.05) is 5.73 Å². The highest BCUT2D eigenvalue weighted by atomic mass is 19.4. The maximum absolute atomic E-state index is 10.6. The third-order valence-corrected chi connectivity index (χ3v) is 1.71. The van der Waals surface area contributed by atoms with E-state index in [1.54, 1.807) is 6.20 Å². The van der Waals surface area contributed by atoms with Gasteiger partial charge in [-0.2, -0.15) is 13.2 Å². The highest BCUT2D eigenvalue weighted by Gasteiger charge is 2.38. The minimum absolute atomic E-state index is 0.538. The van der Waals surface area contributed by atoms with Crippen LogP contribution in [0.5, 0.6) is 0 Å². The number of carbonyl (C=O) groups excluding carboxylic acids is 1. The Morgan fingerprint density at radius 3 is 2.35 bits per heavy atom. The number of anilines is 1. The van der Waals surface area contributed by atoms with Crippen LogP contribution in [0.4, 0.5) is 19.1 Å². The summed E-state index contributed by atoms with van der Waals surface area (Å²) in [5.74, 6) is -2.22. The third-order valence-electron chi connectivity index (χ3n) is 1.71. The van der Waals surface area contributed by atoms with Crippen LogP contribution in [0.1, 0.15) is 6.92 Å². The first kappa shape index (κ1) is 17.4. The summed E-state index contributed by atoms with van der Waals surface area (Å²) in [5, 5.41) is 7.12. The fourth-order valence-electron chi connectivity index (χ4n) is 0.965. The van der Waals surface area contributed by atoms with Gasteiger partial charge in [0.2, 0.25) is 5.95 Å². The smallest absolute Gasteiger partial charge is 0.475 e. The van der Waals surface area contributed by atoms with Gasteiger partial charge in [0.1, 0.15) is 6.29 Å². The molecule has 0 unspecified atom stereocenters. The predicted octanol–water partition coefficient (Wildman–Crippen LogP) is 1.75. The molecular weight excluding hydrogens is 279 g/mol. The van der Waals surface area contributed by atoms with E-state index in [1.165, 1.54) is 6.92 Å². The molecule has 0 fully saturated rings. The van der Waals surface area contributed by atoms with Crippen LogP contribution in [-0.4, -0.2) is 32.9 Å². The number of pyridine rings is 1. The Bertz CT molecular complexity index is 567. The first-order chi connectivity index (χ1) is 9.23. The molecule has 0 saturated heterocycles. The van der Waals surface area contributed by atoms with Crippen molar-refractivity contribution in [1.29, 1.82) is 0 Å².